The average molecular weight is 379 g/mol. The number of benzene rings is 1. The second kappa shape index (κ2) is 6.27. The van der Waals surface area contributed by atoms with Crippen molar-refractivity contribution < 1.29 is 4.79 Å². The zero-order chi connectivity index (χ0) is 14.0. The fourth-order valence-electron chi connectivity index (χ4n) is 1.58. The van der Waals surface area contributed by atoms with Gasteiger partial charge in [0, 0.05) is 14.4 Å². The molecule has 2 nitrogen and oxygen atoms in total. The number of carbonyl (C=O) groups excluding carboxylic acids is 1. The molecule has 0 bridgehead atoms. The Morgan fingerprint density at radius 1 is 1.32 bits per heavy atom. The van der Waals surface area contributed by atoms with Crippen molar-refractivity contribution in [1.82, 2.24) is 5.32 Å². The van der Waals surface area contributed by atoms with Crippen LogP contribution in [0, 0.1) is 0 Å². The number of nitrogens with one attached hydrogen (secondary N) is 1. The number of carbonyl (C=O) groups is 1. The molecule has 1 unspecified atom stereocenters. The van der Waals surface area contributed by atoms with Crippen molar-refractivity contribution in [2.75, 3.05) is 0 Å². The molecule has 100 valence electrons. The fraction of sp³-hybridized carbons (Fsp3) is 0.154. The Morgan fingerprint density at radius 3 is 2.63 bits per heavy atom. The summed E-state index contributed by atoms with van der Waals surface area (Å²) in [6.07, 6.45) is 0. The van der Waals surface area contributed by atoms with Crippen molar-refractivity contribution in [3.05, 3.63) is 54.6 Å². The van der Waals surface area contributed by atoms with E-state index in [9.17, 15) is 4.79 Å². The monoisotopic (exact) mass is 377 g/mol. The van der Waals surface area contributed by atoms with Gasteiger partial charge in [0.1, 0.15) is 0 Å². The van der Waals surface area contributed by atoms with Gasteiger partial charge in [-0.1, -0.05) is 23.2 Å². The van der Waals surface area contributed by atoms with E-state index in [4.69, 9.17) is 23.2 Å². The SMILES string of the molecule is CC(NC(=O)c1ccc(Cl)cc1Br)c1ccc(Cl)s1. The molecule has 19 heavy (non-hydrogen) atoms. The lowest BCUT2D eigenvalue weighted by atomic mass is 10.2. The Morgan fingerprint density at radius 2 is 2.05 bits per heavy atom. The molecule has 0 aliphatic carbocycles. The second-order valence-electron chi connectivity index (χ2n) is 3.96. The molecular formula is C13H10BrCl2NOS. The molecular weight excluding hydrogens is 369 g/mol. The molecule has 0 aliphatic rings. The van der Waals surface area contributed by atoms with Crippen molar-refractivity contribution in [3.63, 3.8) is 0 Å². The van der Waals surface area contributed by atoms with Gasteiger partial charge in [0.05, 0.1) is 15.9 Å². The molecule has 1 atom stereocenters. The van der Waals surface area contributed by atoms with Crippen molar-refractivity contribution in [1.29, 1.82) is 0 Å². The molecule has 2 aromatic rings. The number of thiophene rings is 1. The minimum absolute atomic E-state index is 0.0902. The lowest BCUT2D eigenvalue weighted by molar-refractivity contribution is 0.0939. The van der Waals surface area contributed by atoms with E-state index in [-0.39, 0.29) is 11.9 Å². The summed E-state index contributed by atoms with van der Waals surface area (Å²) in [4.78, 5) is 13.2. The summed E-state index contributed by atoms with van der Waals surface area (Å²) in [6, 6.07) is 8.72. The molecule has 1 heterocycles. The van der Waals surface area contributed by atoms with Crippen LogP contribution in [-0.4, -0.2) is 5.91 Å². The zero-order valence-electron chi connectivity index (χ0n) is 9.91. The zero-order valence-corrected chi connectivity index (χ0v) is 13.8. The number of rotatable bonds is 3. The third-order valence-corrected chi connectivity index (χ3v) is 4.85. The van der Waals surface area contributed by atoms with E-state index in [1.165, 1.54) is 11.3 Å². The van der Waals surface area contributed by atoms with Crippen LogP contribution in [-0.2, 0) is 0 Å². The lowest BCUT2D eigenvalue weighted by Crippen LogP contribution is -2.26. The van der Waals surface area contributed by atoms with Crippen molar-refractivity contribution in [3.8, 4) is 0 Å². The molecule has 1 N–H and O–H groups in total. The highest BCUT2D eigenvalue weighted by Gasteiger charge is 2.15. The molecule has 0 spiro atoms. The van der Waals surface area contributed by atoms with E-state index < -0.39 is 0 Å². The first-order valence-electron chi connectivity index (χ1n) is 5.48. The van der Waals surface area contributed by atoms with Gasteiger partial charge in [0.15, 0.2) is 0 Å². The molecule has 1 aromatic heterocycles. The number of hydrogen-bond acceptors (Lipinski definition) is 2. The Labute approximate surface area is 133 Å². The van der Waals surface area contributed by atoms with E-state index in [2.05, 4.69) is 21.2 Å². The predicted octanol–water partition coefficient (Wildman–Crippen LogP) is 5.31. The third-order valence-electron chi connectivity index (χ3n) is 2.54. The van der Waals surface area contributed by atoms with E-state index in [0.29, 0.717) is 19.4 Å². The number of amides is 1. The minimum atomic E-state index is -0.152. The van der Waals surface area contributed by atoms with Crippen LogP contribution in [0.25, 0.3) is 0 Å². The topological polar surface area (TPSA) is 29.1 Å². The van der Waals surface area contributed by atoms with Crippen molar-refractivity contribution >= 4 is 56.4 Å². The summed E-state index contributed by atoms with van der Waals surface area (Å²) >= 11 is 16.5. The van der Waals surface area contributed by atoms with Gasteiger partial charge < -0.3 is 5.32 Å². The minimum Gasteiger partial charge on any atom is -0.345 e. The molecule has 1 amide bonds. The van der Waals surface area contributed by atoms with Crippen LogP contribution in [0.1, 0.15) is 28.2 Å². The summed E-state index contributed by atoms with van der Waals surface area (Å²) < 4.78 is 1.39. The summed E-state index contributed by atoms with van der Waals surface area (Å²) in [5.41, 5.74) is 0.555. The second-order valence-corrected chi connectivity index (χ2v) is 7.00. The summed E-state index contributed by atoms with van der Waals surface area (Å²) in [6.45, 7) is 1.92. The molecule has 0 saturated carbocycles. The van der Waals surface area contributed by atoms with Crippen LogP contribution in [0.3, 0.4) is 0 Å². The normalized spacial score (nSPS) is 12.2. The number of halogens is 3. The maximum Gasteiger partial charge on any atom is 0.252 e. The molecule has 2 rings (SSSR count). The molecule has 0 aliphatic heterocycles. The van der Waals surface area contributed by atoms with Gasteiger partial charge in [-0.25, -0.2) is 0 Å². The highest BCUT2D eigenvalue weighted by atomic mass is 79.9. The van der Waals surface area contributed by atoms with E-state index >= 15 is 0 Å². The molecule has 0 saturated heterocycles. The van der Waals surface area contributed by atoms with Gasteiger partial charge in [-0.2, -0.15) is 0 Å². The van der Waals surface area contributed by atoms with E-state index in [1.54, 1.807) is 18.2 Å². The van der Waals surface area contributed by atoms with Crippen LogP contribution in [0.5, 0.6) is 0 Å². The Balaban J connectivity index is 2.12. The largest absolute Gasteiger partial charge is 0.345 e. The molecule has 0 radical (unpaired) electrons. The van der Waals surface area contributed by atoms with Crippen LogP contribution in [0.15, 0.2) is 34.8 Å². The van der Waals surface area contributed by atoms with Gasteiger partial charge in [-0.15, -0.1) is 11.3 Å². The summed E-state index contributed by atoms with van der Waals surface area (Å²) in [5.74, 6) is -0.152. The van der Waals surface area contributed by atoms with E-state index in [1.807, 2.05) is 19.1 Å². The Kier molecular flexibility index (Phi) is 4.90. The third kappa shape index (κ3) is 3.72. The van der Waals surface area contributed by atoms with Gasteiger partial charge in [0.25, 0.3) is 5.91 Å². The highest BCUT2D eigenvalue weighted by molar-refractivity contribution is 9.10. The Hall–Kier alpha value is -0.550. The first kappa shape index (κ1) is 14.9. The van der Waals surface area contributed by atoms with Gasteiger partial charge >= 0.3 is 0 Å². The highest BCUT2D eigenvalue weighted by Crippen LogP contribution is 2.27. The first-order chi connectivity index (χ1) is 8.97. The van der Waals surface area contributed by atoms with Crippen molar-refractivity contribution in [2.24, 2.45) is 0 Å². The summed E-state index contributed by atoms with van der Waals surface area (Å²) in [7, 11) is 0. The van der Waals surface area contributed by atoms with Crippen molar-refractivity contribution in [2.45, 2.75) is 13.0 Å². The molecule has 0 fully saturated rings. The molecule has 1 aromatic carbocycles. The van der Waals surface area contributed by atoms with E-state index in [0.717, 1.165) is 4.88 Å². The average Bonchev–Trinajstić information content (AvgIpc) is 2.75. The smallest absolute Gasteiger partial charge is 0.252 e. The molecule has 6 heteroatoms. The van der Waals surface area contributed by atoms with Gasteiger partial charge in [0.2, 0.25) is 0 Å². The summed E-state index contributed by atoms with van der Waals surface area (Å²) in [5, 5.41) is 3.51. The predicted molar refractivity (Wildman–Crippen MR) is 84.4 cm³/mol. The van der Waals surface area contributed by atoms with Gasteiger partial charge in [-0.3, -0.25) is 4.79 Å². The first-order valence-corrected chi connectivity index (χ1v) is 7.85. The standard InChI is InChI=1S/C13H10BrCl2NOS/c1-7(11-4-5-12(16)19-11)17-13(18)9-3-2-8(15)6-10(9)14/h2-7H,1H3,(H,17,18). The van der Waals surface area contributed by atoms with Crippen LogP contribution in [0.4, 0.5) is 0 Å². The maximum absolute atomic E-state index is 12.2. The Bertz CT molecular complexity index is 614. The van der Waals surface area contributed by atoms with Crippen LogP contribution in [0.2, 0.25) is 9.36 Å². The fourth-order valence-corrected chi connectivity index (χ4v) is 3.51. The van der Waals surface area contributed by atoms with Crippen LogP contribution < -0.4 is 5.32 Å². The van der Waals surface area contributed by atoms with Crippen LogP contribution >= 0.6 is 50.5 Å². The maximum atomic E-state index is 12.2. The number of hydrogen-bond donors (Lipinski definition) is 1. The van der Waals surface area contributed by atoms with Gasteiger partial charge in [-0.05, 0) is 53.2 Å². The lowest BCUT2D eigenvalue weighted by Gasteiger charge is -2.13. The quantitative estimate of drug-likeness (QED) is 0.770.